The van der Waals surface area contributed by atoms with Gasteiger partial charge in [-0.3, -0.25) is 9.69 Å². The highest BCUT2D eigenvalue weighted by molar-refractivity contribution is 5.78. The second-order valence-corrected chi connectivity index (χ2v) is 5.99. The number of carbonyl (C=O) groups is 1. The van der Waals surface area contributed by atoms with Crippen LogP contribution in [0.4, 0.5) is 4.39 Å². The van der Waals surface area contributed by atoms with Gasteiger partial charge in [0.2, 0.25) is 5.91 Å². The summed E-state index contributed by atoms with van der Waals surface area (Å²) in [5, 5.41) is 0. The number of amides is 1. The summed E-state index contributed by atoms with van der Waals surface area (Å²) in [7, 11) is 3.41. The smallest absolute Gasteiger partial charge is 0.236 e. The molecule has 0 saturated heterocycles. The van der Waals surface area contributed by atoms with Crippen LogP contribution in [0.2, 0.25) is 0 Å². The molecule has 0 aromatic heterocycles. The molecule has 0 atom stereocenters. The van der Waals surface area contributed by atoms with Crippen LogP contribution in [0.25, 0.3) is 0 Å². The maximum absolute atomic E-state index is 13.3. The SMILES string of the molecule is CCN(CC(=O)N(C)Cc1ccccc1OC)Cc1cccc(F)c1. The molecule has 1 amide bonds. The largest absolute Gasteiger partial charge is 0.496 e. The number of rotatable bonds is 8. The quantitative estimate of drug-likeness (QED) is 0.736. The lowest BCUT2D eigenvalue weighted by Gasteiger charge is -2.24. The Morgan fingerprint density at radius 2 is 1.88 bits per heavy atom. The normalized spacial score (nSPS) is 10.8. The molecule has 25 heavy (non-hydrogen) atoms. The van der Waals surface area contributed by atoms with E-state index in [0.717, 1.165) is 16.9 Å². The van der Waals surface area contributed by atoms with Gasteiger partial charge in [-0.15, -0.1) is 0 Å². The van der Waals surface area contributed by atoms with Crippen molar-refractivity contribution in [2.24, 2.45) is 0 Å². The Labute approximate surface area is 148 Å². The third-order valence-corrected chi connectivity index (χ3v) is 4.13. The first-order valence-electron chi connectivity index (χ1n) is 8.36. The van der Waals surface area contributed by atoms with Crippen molar-refractivity contribution < 1.29 is 13.9 Å². The first-order valence-corrected chi connectivity index (χ1v) is 8.36. The van der Waals surface area contributed by atoms with Gasteiger partial charge in [0, 0.05) is 25.7 Å². The van der Waals surface area contributed by atoms with Crippen molar-refractivity contribution in [2.75, 3.05) is 27.2 Å². The summed E-state index contributed by atoms with van der Waals surface area (Å²) < 4.78 is 18.7. The van der Waals surface area contributed by atoms with Gasteiger partial charge < -0.3 is 9.64 Å². The van der Waals surface area contributed by atoms with Gasteiger partial charge in [0.25, 0.3) is 0 Å². The van der Waals surface area contributed by atoms with E-state index in [2.05, 4.69) is 0 Å². The number of hydrogen-bond acceptors (Lipinski definition) is 3. The van der Waals surface area contributed by atoms with Gasteiger partial charge in [-0.25, -0.2) is 4.39 Å². The van der Waals surface area contributed by atoms with Gasteiger partial charge in [-0.05, 0) is 30.3 Å². The van der Waals surface area contributed by atoms with E-state index in [1.54, 1.807) is 25.1 Å². The zero-order chi connectivity index (χ0) is 18.2. The van der Waals surface area contributed by atoms with E-state index in [9.17, 15) is 9.18 Å². The molecule has 0 radical (unpaired) electrons. The molecule has 0 aliphatic carbocycles. The third-order valence-electron chi connectivity index (χ3n) is 4.13. The number of methoxy groups -OCH3 is 1. The van der Waals surface area contributed by atoms with Crippen molar-refractivity contribution in [2.45, 2.75) is 20.0 Å². The molecule has 0 bridgehead atoms. The molecular formula is C20H25FN2O2. The number of hydrogen-bond donors (Lipinski definition) is 0. The molecule has 0 heterocycles. The van der Waals surface area contributed by atoms with E-state index < -0.39 is 0 Å². The van der Waals surface area contributed by atoms with Crippen LogP contribution in [-0.4, -0.2) is 43.0 Å². The third kappa shape index (κ3) is 5.57. The second kappa shape index (κ2) is 9.18. The number of benzene rings is 2. The molecule has 2 aromatic carbocycles. The van der Waals surface area contributed by atoms with Gasteiger partial charge >= 0.3 is 0 Å². The Morgan fingerprint density at radius 1 is 1.12 bits per heavy atom. The highest BCUT2D eigenvalue weighted by Gasteiger charge is 2.15. The van der Waals surface area contributed by atoms with E-state index in [1.165, 1.54) is 12.1 Å². The molecule has 134 valence electrons. The summed E-state index contributed by atoms with van der Waals surface area (Å²) >= 11 is 0. The molecule has 2 rings (SSSR count). The Bertz CT molecular complexity index is 706. The van der Waals surface area contributed by atoms with Crippen LogP contribution < -0.4 is 4.74 Å². The minimum absolute atomic E-state index is 0.0177. The van der Waals surface area contributed by atoms with E-state index >= 15 is 0 Å². The van der Waals surface area contributed by atoms with Gasteiger partial charge in [-0.2, -0.15) is 0 Å². The van der Waals surface area contributed by atoms with Gasteiger partial charge in [0.05, 0.1) is 13.7 Å². The predicted molar refractivity (Wildman–Crippen MR) is 96.8 cm³/mol. The molecule has 0 fully saturated rings. The second-order valence-electron chi connectivity index (χ2n) is 5.99. The summed E-state index contributed by atoms with van der Waals surface area (Å²) in [6, 6.07) is 14.2. The van der Waals surface area contributed by atoms with Gasteiger partial charge in [-0.1, -0.05) is 37.3 Å². The first kappa shape index (κ1) is 18.9. The topological polar surface area (TPSA) is 32.8 Å². The Morgan fingerprint density at radius 3 is 2.56 bits per heavy atom. The lowest BCUT2D eigenvalue weighted by molar-refractivity contribution is -0.131. The predicted octanol–water partition coefficient (Wildman–Crippen LogP) is 3.31. The van der Waals surface area contributed by atoms with Crippen molar-refractivity contribution in [1.29, 1.82) is 0 Å². The summed E-state index contributed by atoms with van der Waals surface area (Å²) in [5.41, 5.74) is 1.83. The van der Waals surface area contributed by atoms with Crippen molar-refractivity contribution in [3.05, 3.63) is 65.5 Å². The molecule has 0 saturated carbocycles. The fraction of sp³-hybridized carbons (Fsp3) is 0.350. The molecule has 4 nitrogen and oxygen atoms in total. The van der Waals surface area contributed by atoms with Crippen molar-refractivity contribution in [1.82, 2.24) is 9.80 Å². The Hall–Kier alpha value is -2.40. The molecule has 0 aliphatic heterocycles. The molecule has 0 N–H and O–H groups in total. The van der Waals surface area contributed by atoms with Crippen LogP contribution >= 0.6 is 0 Å². The van der Waals surface area contributed by atoms with Crippen LogP contribution in [-0.2, 0) is 17.9 Å². The summed E-state index contributed by atoms with van der Waals surface area (Å²) in [6.07, 6.45) is 0. The maximum Gasteiger partial charge on any atom is 0.236 e. The van der Waals surface area contributed by atoms with Crippen LogP contribution in [0, 0.1) is 5.82 Å². The molecular weight excluding hydrogens is 319 g/mol. The fourth-order valence-corrected chi connectivity index (χ4v) is 2.66. The number of likely N-dealkylation sites (N-methyl/N-ethyl adjacent to an activating group) is 2. The monoisotopic (exact) mass is 344 g/mol. The Balaban J connectivity index is 1.96. The van der Waals surface area contributed by atoms with Crippen molar-refractivity contribution >= 4 is 5.91 Å². The highest BCUT2D eigenvalue weighted by Crippen LogP contribution is 2.19. The van der Waals surface area contributed by atoms with Crippen LogP contribution in [0.5, 0.6) is 5.75 Å². The molecule has 2 aromatic rings. The van der Waals surface area contributed by atoms with Gasteiger partial charge in [0.15, 0.2) is 0 Å². The number of halogens is 1. The first-order chi connectivity index (χ1) is 12.0. The van der Waals surface area contributed by atoms with Crippen LogP contribution in [0.15, 0.2) is 48.5 Å². The minimum Gasteiger partial charge on any atom is -0.496 e. The van der Waals surface area contributed by atoms with E-state index in [4.69, 9.17) is 4.74 Å². The highest BCUT2D eigenvalue weighted by atomic mass is 19.1. The average Bonchev–Trinajstić information content (AvgIpc) is 2.61. The molecule has 0 aliphatic rings. The summed E-state index contributed by atoms with van der Waals surface area (Å²) in [5.74, 6) is 0.534. The van der Waals surface area contributed by atoms with Crippen LogP contribution in [0.1, 0.15) is 18.1 Å². The Kier molecular flexibility index (Phi) is 6.95. The lowest BCUT2D eigenvalue weighted by Crippen LogP contribution is -2.37. The van der Waals surface area contributed by atoms with E-state index in [1.807, 2.05) is 42.2 Å². The van der Waals surface area contributed by atoms with E-state index in [0.29, 0.717) is 26.2 Å². The summed E-state index contributed by atoms with van der Waals surface area (Å²) in [6.45, 7) is 4.03. The zero-order valence-corrected chi connectivity index (χ0v) is 15.0. The zero-order valence-electron chi connectivity index (χ0n) is 15.0. The van der Waals surface area contributed by atoms with Crippen molar-refractivity contribution in [3.63, 3.8) is 0 Å². The standard InChI is InChI=1S/C20H25FN2O2/c1-4-23(13-16-8-7-10-18(21)12-16)15-20(24)22(2)14-17-9-5-6-11-19(17)25-3/h5-12H,4,13-15H2,1-3H3. The van der Waals surface area contributed by atoms with Crippen molar-refractivity contribution in [3.8, 4) is 5.75 Å². The van der Waals surface area contributed by atoms with Gasteiger partial charge in [0.1, 0.15) is 11.6 Å². The number of ether oxygens (including phenoxy) is 1. The summed E-state index contributed by atoms with van der Waals surface area (Å²) in [4.78, 5) is 16.2. The molecule has 5 heteroatoms. The minimum atomic E-state index is -0.256. The van der Waals surface area contributed by atoms with Crippen LogP contribution in [0.3, 0.4) is 0 Å². The lowest BCUT2D eigenvalue weighted by atomic mass is 10.2. The number of carbonyl (C=O) groups excluding carboxylic acids is 1. The number of nitrogens with zero attached hydrogens (tertiary/aromatic N) is 2. The molecule has 0 unspecified atom stereocenters. The number of para-hydroxylation sites is 1. The average molecular weight is 344 g/mol. The fourth-order valence-electron chi connectivity index (χ4n) is 2.66. The molecule has 0 spiro atoms. The maximum atomic E-state index is 13.3. The van der Waals surface area contributed by atoms with E-state index in [-0.39, 0.29) is 11.7 Å².